The van der Waals surface area contributed by atoms with Crippen molar-refractivity contribution in [3.8, 4) is 0 Å². The summed E-state index contributed by atoms with van der Waals surface area (Å²) in [6.07, 6.45) is 8.09. The van der Waals surface area contributed by atoms with Gasteiger partial charge in [0.25, 0.3) is 0 Å². The maximum atomic E-state index is 14.0. The van der Waals surface area contributed by atoms with Gasteiger partial charge >= 0.3 is 0 Å². The molecule has 3 heteroatoms. The van der Waals surface area contributed by atoms with E-state index in [0.29, 0.717) is 11.1 Å². The minimum absolute atomic E-state index is 0.275. The Morgan fingerprint density at radius 2 is 1.58 bits per heavy atom. The first-order chi connectivity index (χ1) is 9.09. The predicted octanol–water partition coefficient (Wildman–Crippen LogP) is 4.63. The molecule has 0 spiro atoms. The summed E-state index contributed by atoms with van der Waals surface area (Å²) in [6.45, 7) is 1.57. The molecule has 0 aromatic heterocycles. The van der Waals surface area contributed by atoms with E-state index < -0.39 is 0 Å². The van der Waals surface area contributed by atoms with Crippen molar-refractivity contribution < 1.29 is 8.78 Å². The number of rotatable bonds is 2. The van der Waals surface area contributed by atoms with Crippen molar-refractivity contribution >= 4 is 0 Å². The topological polar surface area (TPSA) is 26.0 Å². The Labute approximate surface area is 114 Å². The molecule has 1 unspecified atom stereocenters. The minimum Gasteiger partial charge on any atom is -0.324 e. The van der Waals surface area contributed by atoms with Crippen LogP contribution in [0.5, 0.6) is 0 Å². The van der Waals surface area contributed by atoms with E-state index in [1.807, 2.05) is 0 Å². The summed E-state index contributed by atoms with van der Waals surface area (Å²) in [5.74, 6) is -0.456. The summed E-state index contributed by atoms with van der Waals surface area (Å²) in [5, 5.41) is 0. The maximum Gasteiger partial charge on any atom is 0.128 e. The van der Waals surface area contributed by atoms with Crippen molar-refractivity contribution in [2.24, 2.45) is 11.7 Å². The highest BCUT2D eigenvalue weighted by molar-refractivity contribution is 5.28. The van der Waals surface area contributed by atoms with Crippen molar-refractivity contribution in [2.45, 2.75) is 57.9 Å². The third kappa shape index (κ3) is 3.53. The van der Waals surface area contributed by atoms with Gasteiger partial charge in [0.2, 0.25) is 0 Å². The van der Waals surface area contributed by atoms with Gasteiger partial charge < -0.3 is 5.73 Å². The normalized spacial score (nSPS) is 19.8. The highest BCUT2D eigenvalue weighted by atomic mass is 19.1. The second kappa shape index (κ2) is 6.47. The van der Waals surface area contributed by atoms with Crippen LogP contribution in [0.15, 0.2) is 12.1 Å². The lowest BCUT2D eigenvalue weighted by Crippen LogP contribution is -2.23. The van der Waals surface area contributed by atoms with Gasteiger partial charge in [-0.3, -0.25) is 0 Å². The lowest BCUT2D eigenvalue weighted by molar-refractivity contribution is 0.321. The number of aryl methyl sites for hydroxylation is 1. The summed E-state index contributed by atoms with van der Waals surface area (Å²) >= 11 is 0. The fourth-order valence-electron chi connectivity index (χ4n) is 3.02. The molecular formula is C16H23F2N. The van der Waals surface area contributed by atoms with Crippen molar-refractivity contribution in [3.63, 3.8) is 0 Å². The van der Waals surface area contributed by atoms with Crippen LogP contribution < -0.4 is 5.73 Å². The van der Waals surface area contributed by atoms with Gasteiger partial charge in [0.1, 0.15) is 11.6 Å². The zero-order valence-corrected chi connectivity index (χ0v) is 11.6. The molecule has 1 aromatic rings. The summed E-state index contributed by atoms with van der Waals surface area (Å²) in [6, 6.07) is 2.16. The van der Waals surface area contributed by atoms with Gasteiger partial charge in [-0.1, -0.05) is 32.1 Å². The van der Waals surface area contributed by atoms with E-state index in [1.54, 1.807) is 6.92 Å². The molecule has 0 aliphatic heterocycles. The van der Waals surface area contributed by atoms with Gasteiger partial charge in [0.15, 0.2) is 0 Å². The van der Waals surface area contributed by atoms with Crippen LogP contribution in [-0.2, 0) is 0 Å². The fourth-order valence-corrected chi connectivity index (χ4v) is 3.02. The highest BCUT2D eigenvalue weighted by Gasteiger charge is 2.23. The molecule has 106 valence electrons. The van der Waals surface area contributed by atoms with Gasteiger partial charge in [0, 0.05) is 11.6 Å². The SMILES string of the molecule is Cc1cc(F)c(C(N)C2CCCCCCC2)cc1F. The van der Waals surface area contributed by atoms with Crippen LogP contribution in [0.2, 0.25) is 0 Å². The van der Waals surface area contributed by atoms with Gasteiger partial charge in [-0.15, -0.1) is 0 Å². The van der Waals surface area contributed by atoms with Crippen LogP contribution in [0.1, 0.15) is 62.1 Å². The zero-order valence-electron chi connectivity index (χ0n) is 11.6. The summed E-state index contributed by atoms with van der Waals surface area (Å²) in [4.78, 5) is 0. The molecule has 0 amide bonds. The number of hydrogen-bond acceptors (Lipinski definition) is 1. The minimum atomic E-state index is -0.381. The zero-order chi connectivity index (χ0) is 13.8. The fraction of sp³-hybridized carbons (Fsp3) is 0.625. The third-order valence-electron chi connectivity index (χ3n) is 4.29. The molecule has 0 heterocycles. The smallest absolute Gasteiger partial charge is 0.128 e. The summed E-state index contributed by atoms with van der Waals surface area (Å²) < 4.78 is 27.6. The number of nitrogens with two attached hydrogens (primary N) is 1. The van der Waals surface area contributed by atoms with E-state index >= 15 is 0 Å². The Balaban J connectivity index is 2.17. The van der Waals surface area contributed by atoms with Crippen LogP contribution in [-0.4, -0.2) is 0 Å². The van der Waals surface area contributed by atoms with Gasteiger partial charge in [0.05, 0.1) is 0 Å². The third-order valence-corrected chi connectivity index (χ3v) is 4.29. The summed E-state index contributed by atoms with van der Waals surface area (Å²) in [7, 11) is 0. The Kier molecular flexibility index (Phi) is 4.92. The van der Waals surface area contributed by atoms with Crippen molar-refractivity contribution in [2.75, 3.05) is 0 Å². The Morgan fingerprint density at radius 3 is 2.21 bits per heavy atom. The molecular weight excluding hydrogens is 244 g/mol. The summed E-state index contributed by atoms with van der Waals surface area (Å²) in [5.41, 5.74) is 6.88. The molecule has 1 aromatic carbocycles. The number of halogens is 2. The number of hydrogen-bond donors (Lipinski definition) is 1. The largest absolute Gasteiger partial charge is 0.324 e. The van der Waals surface area contributed by atoms with Crippen molar-refractivity contribution in [3.05, 3.63) is 34.9 Å². The van der Waals surface area contributed by atoms with Crippen LogP contribution >= 0.6 is 0 Å². The van der Waals surface area contributed by atoms with Crippen LogP contribution in [0.25, 0.3) is 0 Å². The highest BCUT2D eigenvalue weighted by Crippen LogP contribution is 2.33. The molecule has 1 fully saturated rings. The molecule has 1 nitrogen and oxygen atoms in total. The lowest BCUT2D eigenvalue weighted by atomic mass is 9.83. The molecule has 1 aliphatic rings. The molecule has 0 bridgehead atoms. The first kappa shape index (κ1) is 14.4. The average Bonchev–Trinajstić information content (AvgIpc) is 2.32. The quantitative estimate of drug-likeness (QED) is 0.830. The van der Waals surface area contributed by atoms with Gasteiger partial charge in [-0.2, -0.15) is 0 Å². The molecule has 1 saturated carbocycles. The van der Waals surface area contributed by atoms with E-state index in [4.69, 9.17) is 5.73 Å². The van der Waals surface area contributed by atoms with Crippen LogP contribution in [0.4, 0.5) is 8.78 Å². The molecule has 2 rings (SSSR count). The van der Waals surface area contributed by atoms with Crippen LogP contribution in [0.3, 0.4) is 0 Å². The second-order valence-electron chi connectivity index (χ2n) is 5.75. The number of benzene rings is 1. The van der Waals surface area contributed by atoms with E-state index in [-0.39, 0.29) is 23.6 Å². The monoisotopic (exact) mass is 267 g/mol. The first-order valence-corrected chi connectivity index (χ1v) is 7.30. The van der Waals surface area contributed by atoms with E-state index in [1.165, 1.54) is 31.4 Å². The van der Waals surface area contributed by atoms with Crippen molar-refractivity contribution in [1.82, 2.24) is 0 Å². The maximum absolute atomic E-state index is 14.0. The van der Waals surface area contributed by atoms with Gasteiger partial charge in [-0.25, -0.2) is 8.78 Å². The molecule has 1 atom stereocenters. The van der Waals surface area contributed by atoms with Gasteiger partial charge in [-0.05, 0) is 43.4 Å². The Hall–Kier alpha value is -0.960. The van der Waals surface area contributed by atoms with E-state index in [9.17, 15) is 8.78 Å². The second-order valence-corrected chi connectivity index (χ2v) is 5.75. The average molecular weight is 267 g/mol. The molecule has 0 radical (unpaired) electrons. The van der Waals surface area contributed by atoms with E-state index in [0.717, 1.165) is 25.7 Å². The van der Waals surface area contributed by atoms with E-state index in [2.05, 4.69) is 0 Å². The molecule has 0 saturated heterocycles. The Bertz CT molecular complexity index is 423. The predicted molar refractivity (Wildman–Crippen MR) is 73.8 cm³/mol. The molecule has 2 N–H and O–H groups in total. The first-order valence-electron chi connectivity index (χ1n) is 7.30. The molecule has 1 aliphatic carbocycles. The Morgan fingerprint density at radius 1 is 1.00 bits per heavy atom. The lowest BCUT2D eigenvalue weighted by Gasteiger charge is -2.26. The van der Waals surface area contributed by atoms with Crippen LogP contribution in [0, 0.1) is 24.5 Å². The molecule has 19 heavy (non-hydrogen) atoms. The standard InChI is InChI=1S/C16H23F2N/c1-11-9-15(18)13(10-14(11)17)16(19)12-7-5-3-2-4-6-8-12/h9-10,12,16H,2-8,19H2,1H3. The van der Waals surface area contributed by atoms with Crippen molar-refractivity contribution in [1.29, 1.82) is 0 Å².